The van der Waals surface area contributed by atoms with Crippen LogP contribution in [0.2, 0.25) is 0 Å². The maximum Gasteiger partial charge on any atom is 0.282 e. The molecular weight excluding hydrogens is 484 g/mol. The molecule has 0 atom stereocenters. The molecule has 2 aliphatic heterocycles. The molecule has 2 aliphatic rings. The molecule has 6 rings (SSSR count). The predicted molar refractivity (Wildman–Crippen MR) is 131 cm³/mol. The van der Waals surface area contributed by atoms with Gasteiger partial charge >= 0.3 is 0 Å². The molecule has 0 bridgehead atoms. The summed E-state index contributed by atoms with van der Waals surface area (Å²) in [4.78, 5) is 37.8. The molecule has 0 N–H and O–H groups in total. The highest BCUT2D eigenvalue weighted by Crippen LogP contribution is 2.33. The van der Waals surface area contributed by atoms with Crippen LogP contribution in [0.4, 0.5) is 8.78 Å². The Balaban J connectivity index is 1.07. The van der Waals surface area contributed by atoms with Gasteiger partial charge in [-0.15, -0.1) is 11.3 Å². The summed E-state index contributed by atoms with van der Waals surface area (Å²) in [5.74, 6) is -0.905. The monoisotopic (exact) mass is 507 g/mol. The Hall–Kier alpha value is -3.66. The third kappa shape index (κ3) is 4.05. The Bertz CT molecular complexity index is 1440. The highest BCUT2D eigenvalue weighted by molar-refractivity contribution is 7.11. The zero-order valence-electron chi connectivity index (χ0n) is 19.3. The average Bonchev–Trinajstić information content (AvgIpc) is 3.55. The zero-order chi connectivity index (χ0) is 24.8. The number of nitrogens with zero attached hydrogens (tertiary/aromatic N) is 5. The average molecular weight is 508 g/mol. The number of fused-ring (bicyclic) bond motifs is 1. The molecule has 0 aliphatic carbocycles. The molecule has 0 radical (unpaired) electrons. The van der Waals surface area contributed by atoms with Crippen LogP contribution in [0.3, 0.4) is 0 Å². The summed E-state index contributed by atoms with van der Waals surface area (Å²) in [6, 6.07) is 8.96. The number of hydrogen-bond acceptors (Lipinski definition) is 5. The second kappa shape index (κ2) is 9.09. The van der Waals surface area contributed by atoms with E-state index < -0.39 is 11.6 Å². The molecule has 4 aromatic rings. The maximum absolute atomic E-state index is 13.7. The molecule has 0 unspecified atom stereocenters. The number of carbonyl (C=O) groups excluding carboxylic acids is 2. The quantitative estimate of drug-likeness (QED) is 0.411. The van der Waals surface area contributed by atoms with Crippen LogP contribution >= 0.6 is 11.3 Å². The molecule has 2 fully saturated rings. The first-order valence-electron chi connectivity index (χ1n) is 11.9. The minimum Gasteiger partial charge on any atom is -0.338 e. The van der Waals surface area contributed by atoms with Crippen molar-refractivity contribution in [2.75, 3.05) is 26.2 Å². The zero-order valence-corrected chi connectivity index (χ0v) is 20.1. The van der Waals surface area contributed by atoms with Crippen molar-refractivity contribution in [2.45, 2.75) is 12.8 Å². The molecule has 36 heavy (non-hydrogen) atoms. The van der Waals surface area contributed by atoms with E-state index in [0.717, 1.165) is 38.1 Å². The largest absolute Gasteiger partial charge is 0.338 e. The molecule has 0 saturated carbocycles. The van der Waals surface area contributed by atoms with Gasteiger partial charge in [-0.1, -0.05) is 0 Å². The molecule has 184 valence electrons. The number of piperidine rings is 1. The fraction of sp³-hybridized carbons (Fsp3) is 0.308. The third-order valence-corrected chi connectivity index (χ3v) is 8.04. The van der Waals surface area contributed by atoms with Crippen molar-refractivity contribution in [2.24, 2.45) is 11.8 Å². The first-order chi connectivity index (χ1) is 17.5. The number of aromatic nitrogens is 3. The minimum atomic E-state index is -0.926. The van der Waals surface area contributed by atoms with Crippen molar-refractivity contribution in [1.29, 1.82) is 0 Å². The van der Waals surface area contributed by atoms with Crippen LogP contribution in [0.15, 0.2) is 54.3 Å². The fourth-order valence-corrected chi connectivity index (χ4v) is 5.79. The van der Waals surface area contributed by atoms with Gasteiger partial charge in [-0.05, 0) is 55.0 Å². The van der Waals surface area contributed by atoms with Crippen molar-refractivity contribution >= 4 is 34.2 Å². The van der Waals surface area contributed by atoms with Crippen LogP contribution < -0.4 is 0 Å². The number of carbonyl (C=O) groups is 2. The molecule has 2 saturated heterocycles. The van der Waals surface area contributed by atoms with Crippen molar-refractivity contribution in [3.63, 3.8) is 0 Å². The Labute approximate surface area is 210 Å². The molecule has 7 nitrogen and oxygen atoms in total. The Kier molecular flexibility index (Phi) is 5.75. The Morgan fingerprint density at radius 1 is 0.889 bits per heavy atom. The summed E-state index contributed by atoms with van der Waals surface area (Å²) in [7, 11) is 0. The predicted octanol–water partition coefficient (Wildman–Crippen LogP) is 4.38. The van der Waals surface area contributed by atoms with Crippen LogP contribution in [-0.2, 0) is 0 Å². The van der Waals surface area contributed by atoms with E-state index in [1.165, 1.54) is 23.7 Å². The normalized spacial score (nSPS) is 16.9. The van der Waals surface area contributed by atoms with Crippen molar-refractivity contribution in [1.82, 2.24) is 24.3 Å². The molecule has 2 aromatic heterocycles. The molecular formula is C26H23F2N5O2S. The Morgan fingerprint density at radius 2 is 1.69 bits per heavy atom. The molecule has 10 heteroatoms. The van der Waals surface area contributed by atoms with Crippen LogP contribution in [0.5, 0.6) is 0 Å². The van der Waals surface area contributed by atoms with E-state index in [2.05, 4.69) is 9.97 Å². The number of likely N-dealkylation sites (tertiary alicyclic amines) is 2. The summed E-state index contributed by atoms with van der Waals surface area (Å²) < 4.78 is 28.6. The number of halogens is 2. The standard InChI is InChI=1S/C26H23F2N5O2S/c27-20-3-2-19(12-21(20)28)33-15-30-22-11-17(1-4-23(22)33)25(34)32-13-18(14-32)16-5-8-31(9-6-16)26(35)24-29-7-10-36-24/h1-4,7,10-12,15-16,18H,5-6,8-9,13-14H2. The maximum atomic E-state index is 13.7. The van der Waals surface area contributed by atoms with Gasteiger partial charge in [0, 0.05) is 49.4 Å². The second-order valence-electron chi connectivity index (χ2n) is 9.35. The van der Waals surface area contributed by atoms with Crippen LogP contribution in [-0.4, -0.2) is 62.3 Å². The second-order valence-corrected chi connectivity index (χ2v) is 10.2. The topological polar surface area (TPSA) is 71.3 Å². The lowest BCUT2D eigenvalue weighted by Crippen LogP contribution is -2.54. The van der Waals surface area contributed by atoms with Gasteiger partial charge in [-0.2, -0.15) is 0 Å². The van der Waals surface area contributed by atoms with Gasteiger partial charge < -0.3 is 9.80 Å². The number of benzene rings is 2. The van der Waals surface area contributed by atoms with Crippen LogP contribution in [0, 0.1) is 23.5 Å². The van der Waals surface area contributed by atoms with Gasteiger partial charge in [-0.3, -0.25) is 14.2 Å². The van der Waals surface area contributed by atoms with E-state index in [9.17, 15) is 18.4 Å². The van der Waals surface area contributed by atoms with Crippen molar-refractivity contribution < 1.29 is 18.4 Å². The number of thiazole rings is 1. The third-order valence-electron chi connectivity index (χ3n) is 7.28. The first-order valence-corrected chi connectivity index (χ1v) is 12.8. The summed E-state index contributed by atoms with van der Waals surface area (Å²) >= 11 is 1.37. The van der Waals surface area contributed by atoms with Gasteiger partial charge in [0.2, 0.25) is 0 Å². The summed E-state index contributed by atoms with van der Waals surface area (Å²) in [5.41, 5.74) is 2.33. The highest BCUT2D eigenvalue weighted by atomic mass is 32.1. The van der Waals surface area contributed by atoms with Gasteiger partial charge in [0.15, 0.2) is 16.6 Å². The summed E-state index contributed by atoms with van der Waals surface area (Å²) in [6.07, 6.45) is 5.08. The number of imidazole rings is 1. The van der Waals surface area contributed by atoms with Crippen molar-refractivity contribution in [3.8, 4) is 5.69 Å². The highest BCUT2D eigenvalue weighted by Gasteiger charge is 2.38. The smallest absolute Gasteiger partial charge is 0.282 e. The summed E-state index contributed by atoms with van der Waals surface area (Å²) in [6.45, 7) is 2.88. The number of rotatable bonds is 4. The lowest BCUT2D eigenvalue weighted by Gasteiger charge is -2.46. The van der Waals surface area contributed by atoms with E-state index in [-0.39, 0.29) is 11.8 Å². The summed E-state index contributed by atoms with van der Waals surface area (Å²) in [5, 5.41) is 2.36. The van der Waals surface area contributed by atoms with Gasteiger partial charge in [-0.25, -0.2) is 18.7 Å². The first kappa shape index (κ1) is 22.8. The van der Waals surface area contributed by atoms with E-state index in [1.54, 1.807) is 29.0 Å². The van der Waals surface area contributed by atoms with E-state index >= 15 is 0 Å². The van der Waals surface area contributed by atoms with Gasteiger partial charge in [0.05, 0.1) is 16.7 Å². The Morgan fingerprint density at radius 3 is 2.42 bits per heavy atom. The van der Waals surface area contributed by atoms with Gasteiger partial charge in [0.25, 0.3) is 11.8 Å². The fourth-order valence-electron chi connectivity index (χ4n) is 5.18. The minimum absolute atomic E-state index is 0.0104. The van der Waals surface area contributed by atoms with Crippen molar-refractivity contribution in [3.05, 3.63) is 76.5 Å². The van der Waals surface area contributed by atoms with Crippen LogP contribution in [0.1, 0.15) is 33.0 Å². The molecule has 2 amide bonds. The van der Waals surface area contributed by atoms with E-state index in [4.69, 9.17) is 0 Å². The molecule has 4 heterocycles. The van der Waals surface area contributed by atoms with Gasteiger partial charge in [0.1, 0.15) is 6.33 Å². The van der Waals surface area contributed by atoms with Crippen LogP contribution in [0.25, 0.3) is 16.7 Å². The van der Waals surface area contributed by atoms with E-state index in [0.29, 0.717) is 52.2 Å². The lowest BCUT2D eigenvalue weighted by molar-refractivity contribution is 0.0228. The molecule has 2 aromatic carbocycles. The number of amides is 2. The van der Waals surface area contributed by atoms with E-state index in [1.807, 2.05) is 15.2 Å². The lowest BCUT2D eigenvalue weighted by atomic mass is 9.79. The number of hydrogen-bond donors (Lipinski definition) is 0. The molecule has 0 spiro atoms. The SMILES string of the molecule is O=C(c1ccc2c(c1)ncn2-c1ccc(F)c(F)c1)N1CC(C2CCN(C(=O)c3nccs3)CC2)C1.